The average molecular weight is 148 g/mol. The number of aromatic nitrogens is 4. The summed E-state index contributed by atoms with van der Waals surface area (Å²) in [5.41, 5.74) is 0.0832. The van der Waals surface area contributed by atoms with Gasteiger partial charge in [0.25, 0.3) is 5.56 Å². The predicted octanol–water partition coefficient (Wildman–Crippen LogP) is -0.287. The van der Waals surface area contributed by atoms with E-state index in [1.165, 1.54) is 12.5 Å². The van der Waals surface area contributed by atoms with Gasteiger partial charge in [0.2, 0.25) is 0 Å². The summed E-state index contributed by atoms with van der Waals surface area (Å²) in [6.45, 7) is 0. The number of nitrogens with one attached hydrogen (secondary N) is 1. The van der Waals surface area contributed by atoms with E-state index >= 15 is 0 Å². The van der Waals surface area contributed by atoms with E-state index in [9.17, 15) is 4.79 Å². The molecular formula is C6H4N4O. The van der Waals surface area contributed by atoms with Crippen molar-refractivity contribution in [2.75, 3.05) is 0 Å². The lowest BCUT2D eigenvalue weighted by Crippen LogP contribution is -2.08. The molecule has 0 radical (unpaired) electrons. The molecule has 0 saturated heterocycles. The lowest BCUT2D eigenvalue weighted by molar-refractivity contribution is 0.997. The summed E-state index contributed by atoms with van der Waals surface area (Å²) in [5.74, 6) is 0. The summed E-state index contributed by atoms with van der Waals surface area (Å²) in [6.07, 6.45) is 4.39. The average Bonchev–Trinajstić information content (AvgIpc) is 2.06. The third kappa shape index (κ3) is 0.861. The molecule has 0 aliphatic rings. The molecule has 0 spiro atoms. The van der Waals surface area contributed by atoms with E-state index in [-0.39, 0.29) is 5.56 Å². The first-order valence-electron chi connectivity index (χ1n) is 3.01. The van der Waals surface area contributed by atoms with Crippen LogP contribution < -0.4 is 5.56 Å². The molecule has 54 valence electrons. The van der Waals surface area contributed by atoms with Gasteiger partial charge < -0.3 is 0 Å². The smallest absolute Gasteiger partial charge is 0.266 e. The Morgan fingerprint density at radius 3 is 3.09 bits per heavy atom. The van der Waals surface area contributed by atoms with Gasteiger partial charge in [-0.15, -0.1) is 0 Å². The molecule has 0 unspecified atom stereocenters. The van der Waals surface area contributed by atoms with Crippen LogP contribution in [-0.2, 0) is 0 Å². The van der Waals surface area contributed by atoms with Gasteiger partial charge in [-0.25, -0.2) is 15.1 Å². The predicted molar refractivity (Wildman–Crippen MR) is 38.0 cm³/mol. The van der Waals surface area contributed by atoms with E-state index < -0.39 is 0 Å². The van der Waals surface area contributed by atoms with E-state index in [2.05, 4.69) is 20.2 Å². The van der Waals surface area contributed by atoms with Gasteiger partial charge in [0.15, 0.2) is 0 Å². The number of aromatic amines is 1. The Morgan fingerprint density at radius 2 is 2.27 bits per heavy atom. The molecule has 2 heterocycles. The van der Waals surface area contributed by atoms with Gasteiger partial charge in [0, 0.05) is 11.6 Å². The zero-order valence-corrected chi connectivity index (χ0v) is 5.48. The van der Waals surface area contributed by atoms with E-state index in [4.69, 9.17) is 0 Å². The lowest BCUT2D eigenvalue weighted by atomic mass is 10.4. The van der Waals surface area contributed by atoms with Crippen LogP contribution in [0.25, 0.3) is 10.9 Å². The fourth-order valence-corrected chi connectivity index (χ4v) is 0.838. The highest BCUT2D eigenvalue weighted by atomic mass is 16.1. The molecule has 0 aliphatic carbocycles. The van der Waals surface area contributed by atoms with Crippen molar-refractivity contribution in [3.8, 4) is 0 Å². The van der Waals surface area contributed by atoms with Crippen LogP contribution in [0.3, 0.4) is 0 Å². The molecule has 0 atom stereocenters. The maximum Gasteiger partial charge on any atom is 0.290 e. The number of hydrogen-bond donors (Lipinski definition) is 1. The highest BCUT2D eigenvalue weighted by molar-refractivity contribution is 5.74. The molecule has 0 bridgehead atoms. The van der Waals surface area contributed by atoms with Gasteiger partial charge in [-0.2, -0.15) is 5.10 Å². The standard InChI is InChI=1S/C6H4N4O/c11-6-5-4(2-9-10-6)1-7-3-8-5/h1-3H,(H,10,11). The van der Waals surface area contributed by atoms with Gasteiger partial charge in [0.1, 0.15) is 11.8 Å². The van der Waals surface area contributed by atoms with Crippen molar-refractivity contribution in [2.24, 2.45) is 0 Å². The Balaban J connectivity index is 3.03. The minimum Gasteiger partial charge on any atom is -0.266 e. The Morgan fingerprint density at radius 1 is 1.36 bits per heavy atom. The van der Waals surface area contributed by atoms with Crippen LogP contribution >= 0.6 is 0 Å². The zero-order valence-electron chi connectivity index (χ0n) is 5.48. The molecule has 1 N–H and O–H groups in total. The van der Waals surface area contributed by atoms with Crippen molar-refractivity contribution in [3.63, 3.8) is 0 Å². The van der Waals surface area contributed by atoms with Crippen molar-refractivity contribution in [2.45, 2.75) is 0 Å². The van der Waals surface area contributed by atoms with Gasteiger partial charge >= 0.3 is 0 Å². The summed E-state index contributed by atoms with van der Waals surface area (Å²) >= 11 is 0. The van der Waals surface area contributed by atoms with Gasteiger partial charge in [-0.05, 0) is 0 Å². The highest BCUT2D eigenvalue weighted by Gasteiger charge is 1.96. The third-order valence-electron chi connectivity index (χ3n) is 1.33. The molecule has 2 aromatic rings. The second-order valence-corrected chi connectivity index (χ2v) is 2.03. The van der Waals surface area contributed by atoms with Crippen molar-refractivity contribution >= 4 is 10.9 Å². The summed E-state index contributed by atoms with van der Waals surface area (Å²) in [5, 5.41) is 6.52. The highest BCUT2D eigenvalue weighted by Crippen LogP contribution is 1.98. The second kappa shape index (κ2) is 2.12. The molecule has 0 aliphatic heterocycles. The van der Waals surface area contributed by atoms with Gasteiger partial charge in [0.05, 0.1) is 6.20 Å². The maximum absolute atomic E-state index is 11.0. The van der Waals surface area contributed by atoms with Crippen LogP contribution in [-0.4, -0.2) is 20.2 Å². The largest absolute Gasteiger partial charge is 0.290 e. The van der Waals surface area contributed by atoms with Crippen LogP contribution in [0.4, 0.5) is 0 Å². The summed E-state index contributed by atoms with van der Waals surface area (Å²) in [6, 6.07) is 0. The number of fused-ring (bicyclic) bond motifs is 1. The van der Waals surface area contributed by atoms with Crippen LogP contribution in [0.1, 0.15) is 0 Å². The van der Waals surface area contributed by atoms with Crippen molar-refractivity contribution < 1.29 is 0 Å². The summed E-state index contributed by atoms with van der Waals surface area (Å²) in [7, 11) is 0. The number of rotatable bonds is 0. The van der Waals surface area contributed by atoms with Crippen molar-refractivity contribution in [1.82, 2.24) is 20.2 Å². The first-order valence-corrected chi connectivity index (χ1v) is 3.01. The molecule has 5 heteroatoms. The lowest BCUT2D eigenvalue weighted by Gasteiger charge is -1.89. The molecule has 5 nitrogen and oxygen atoms in total. The monoisotopic (exact) mass is 148 g/mol. The third-order valence-corrected chi connectivity index (χ3v) is 1.33. The van der Waals surface area contributed by atoms with Crippen LogP contribution in [0.15, 0.2) is 23.5 Å². The Bertz CT molecular complexity index is 430. The first-order chi connectivity index (χ1) is 5.38. The van der Waals surface area contributed by atoms with Crippen LogP contribution in [0.5, 0.6) is 0 Å². The molecule has 2 rings (SSSR count). The fourth-order valence-electron chi connectivity index (χ4n) is 0.838. The topological polar surface area (TPSA) is 71.5 Å². The SMILES string of the molecule is O=c1[nH]ncc2cncnc12. The van der Waals surface area contributed by atoms with Gasteiger partial charge in [-0.1, -0.05) is 0 Å². The van der Waals surface area contributed by atoms with E-state index in [0.29, 0.717) is 10.9 Å². The summed E-state index contributed by atoms with van der Waals surface area (Å²) < 4.78 is 0. The Labute approximate surface area is 61.1 Å². The fraction of sp³-hybridized carbons (Fsp3) is 0. The quantitative estimate of drug-likeness (QED) is 0.557. The van der Waals surface area contributed by atoms with E-state index in [1.54, 1.807) is 6.20 Å². The first kappa shape index (κ1) is 5.96. The molecule has 0 amide bonds. The molecule has 0 saturated carbocycles. The Kier molecular flexibility index (Phi) is 1.15. The van der Waals surface area contributed by atoms with Crippen molar-refractivity contribution in [3.05, 3.63) is 29.1 Å². The number of H-pyrrole nitrogens is 1. The number of hydrogen-bond acceptors (Lipinski definition) is 4. The molecule has 2 aromatic heterocycles. The molecular weight excluding hydrogens is 144 g/mol. The number of nitrogens with zero attached hydrogens (tertiary/aromatic N) is 3. The van der Waals surface area contributed by atoms with E-state index in [1.807, 2.05) is 0 Å². The van der Waals surface area contributed by atoms with Crippen LogP contribution in [0, 0.1) is 0 Å². The normalized spacial score (nSPS) is 10.2. The minimum atomic E-state index is -0.287. The Hall–Kier alpha value is -1.78. The van der Waals surface area contributed by atoms with Gasteiger partial charge in [-0.3, -0.25) is 4.79 Å². The molecule has 0 aromatic carbocycles. The zero-order chi connectivity index (χ0) is 7.68. The molecule has 11 heavy (non-hydrogen) atoms. The summed E-state index contributed by atoms with van der Waals surface area (Å²) in [4.78, 5) is 18.5. The minimum absolute atomic E-state index is 0.287. The van der Waals surface area contributed by atoms with E-state index in [0.717, 1.165) is 0 Å². The van der Waals surface area contributed by atoms with Crippen molar-refractivity contribution in [1.29, 1.82) is 0 Å². The maximum atomic E-state index is 11.0. The van der Waals surface area contributed by atoms with Crippen LogP contribution in [0.2, 0.25) is 0 Å². The second-order valence-electron chi connectivity index (χ2n) is 2.03. The molecule has 0 fully saturated rings.